The van der Waals surface area contributed by atoms with Crippen molar-refractivity contribution in [3.63, 3.8) is 0 Å². The Morgan fingerprint density at radius 2 is 2.00 bits per heavy atom. The Balaban J connectivity index is 1.73. The van der Waals surface area contributed by atoms with Gasteiger partial charge < -0.3 is 15.7 Å². The highest BCUT2D eigenvalue weighted by molar-refractivity contribution is 6.30. The molecule has 1 unspecified atom stereocenters. The predicted molar refractivity (Wildman–Crippen MR) is 88.3 cm³/mol. The minimum atomic E-state index is -0.960. The molecule has 0 saturated carbocycles. The average Bonchev–Trinajstić information content (AvgIpc) is 2.54. The van der Waals surface area contributed by atoms with E-state index in [4.69, 9.17) is 16.7 Å². The number of aromatic carboxylic acids is 1. The summed E-state index contributed by atoms with van der Waals surface area (Å²) in [4.78, 5) is 23.3. The van der Waals surface area contributed by atoms with Crippen LogP contribution in [0, 0.1) is 0 Å². The second-order valence-corrected chi connectivity index (χ2v) is 5.88. The van der Waals surface area contributed by atoms with Gasteiger partial charge in [0.2, 0.25) is 0 Å². The Morgan fingerprint density at radius 3 is 2.74 bits per heavy atom. The van der Waals surface area contributed by atoms with Crippen LogP contribution in [-0.2, 0) is 6.42 Å². The number of carboxylic acid groups (broad SMARTS) is 1. The summed E-state index contributed by atoms with van der Waals surface area (Å²) in [6.45, 7) is 0.589. The Bertz CT molecular complexity index is 776. The molecule has 2 aromatic carbocycles. The van der Waals surface area contributed by atoms with E-state index in [1.807, 2.05) is 0 Å². The highest BCUT2D eigenvalue weighted by Crippen LogP contribution is 2.23. The Morgan fingerprint density at radius 1 is 1.17 bits per heavy atom. The summed E-state index contributed by atoms with van der Waals surface area (Å²) in [5, 5.41) is 15.7. The lowest BCUT2D eigenvalue weighted by Crippen LogP contribution is -2.43. The molecule has 5 nitrogen and oxygen atoms in total. The van der Waals surface area contributed by atoms with E-state index < -0.39 is 5.97 Å². The maximum Gasteiger partial charge on any atom is 0.335 e. The number of carbonyl (C=O) groups is 2. The fraction of sp³-hybridized carbons (Fsp3) is 0.176. The third kappa shape index (κ3) is 3.46. The fourth-order valence-corrected chi connectivity index (χ4v) is 2.83. The number of amides is 1. The molecule has 1 atom stereocenters. The molecule has 3 N–H and O–H groups in total. The monoisotopic (exact) mass is 330 g/mol. The van der Waals surface area contributed by atoms with Crippen LogP contribution in [-0.4, -0.2) is 29.6 Å². The van der Waals surface area contributed by atoms with E-state index in [0.29, 0.717) is 23.6 Å². The minimum absolute atomic E-state index is 0.113. The zero-order valence-electron chi connectivity index (χ0n) is 12.2. The summed E-state index contributed by atoms with van der Waals surface area (Å²) >= 11 is 5.90. The van der Waals surface area contributed by atoms with Crippen molar-refractivity contribution < 1.29 is 14.7 Å². The molecule has 0 bridgehead atoms. The molecule has 2 aromatic rings. The van der Waals surface area contributed by atoms with Gasteiger partial charge in [-0.05, 0) is 48.4 Å². The van der Waals surface area contributed by atoms with Crippen molar-refractivity contribution in [1.29, 1.82) is 0 Å². The second-order valence-electron chi connectivity index (χ2n) is 5.44. The smallest absolute Gasteiger partial charge is 0.335 e. The van der Waals surface area contributed by atoms with Crippen LogP contribution in [0.1, 0.15) is 26.3 Å². The number of hydrogen-bond acceptors (Lipinski definition) is 3. The van der Waals surface area contributed by atoms with Gasteiger partial charge in [0.05, 0.1) is 11.6 Å². The van der Waals surface area contributed by atoms with Gasteiger partial charge in [-0.2, -0.15) is 0 Å². The number of hydrogen-bond donors (Lipinski definition) is 3. The lowest BCUT2D eigenvalue weighted by atomic mass is 9.97. The van der Waals surface area contributed by atoms with Gasteiger partial charge in [0.1, 0.15) is 0 Å². The van der Waals surface area contributed by atoms with Gasteiger partial charge in [-0.1, -0.05) is 17.7 Å². The zero-order valence-corrected chi connectivity index (χ0v) is 12.9. The molecule has 1 aliphatic rings. The molecule has 0 aliphatic carbocycles. The topological polar surface area (TPSA) is 78.4 Å². The van der Waals surface area contributed by atoms with Crippen molar-refractivity contribution in [3.8, 4) is 0 Å². The molecule has 0 aromatic heterocycles. The van der Waals surface area contributed by atoms with E-state index in [2.05, 4.69) is 10.6 Å². The van der Waals surface area contributed by atoms with Gasteiger partial charge in [0.25, 0.3) is 5.91 Å². The molecule has 0 spiro atoms. The third-order valence-corrected chi connectivity index (χ3v) is 4.01. The zero-order chi connectivity index (χ0) is 16.4. The van der Waals surface area contributed by atoms with E-state index in [1.165, 1.54) is 0 Å². The average molecular weight is 331 g/mol. The fourth-order valence-electron chi connectivity index (χ4n) is 2.64. The quantitative estimate of drug-likeness (QED) is 0.808. The summed E-state index contributed by atoms with van der Waals surface area (Å²) in [6.07, 6.45) is 0.579. The Labute approximate surface area is 138 Å². The van der Waals surface area contributed by atoms with Gasteiger partial charge in [-0.15, -0.1) is 0 Å². The van der Waals surface area contributed by atoms with Crippen LogP contribution in [0.25, 0.3) is 0 Å². The minimum Gasteiger partial charge on any atom is -0.478 e. The number of anilines is 1. The van der Waals surface area contributed by atoms with Crippen LogP contribution in [0.4, 0.5) is 5.69 Å². The van der Waals surface area contributed by atoms with Crippen molar-refractivity contribution >= 4 is 29.2 Å². The first kappa shape index (κ1) is 15.4. The third-order valence-electron chi connectivity index (χ3n) is 3.78. The molecule has 0 radical (unpaired) electrons. The predicted octanol–water partition coefficient (Wildman–Crippen LogP) is 2.80. The van der Waals surface area contributed by atoms with Crippen LogP contribution in [0.3, 0.4) is 0 Å². The van der Waals surface area contributed by atoms with Gasteiger partial charge >= 0.3 is 5.97 Å². The first-order chi connectivity index (χ1) is 11.0. The van der Waals surface area contributed by atoms with E-state index >= 15 is 0 Å². The van der Waals surface area contributed by atoms with Gasteiger partial charge in [0, 0.05) is 22.8 Å². The first-order valence-electron chi connectivity index (χ1n) is 7.19. The molecule has 0 fully saturated rings. The van der Waals surface area contributed by atoms with E-state index in [9.17, 15) is 9.59 Å². The number of rotatable bonds is 3. The Hall–Kier alpha value is -2.53. The number of halogens is 1. The maximum absolute atomic E-state index is 12.3. The number of fused-ring (bicyclic) bond motifs is 1. The molecule has 118 valence electrons. The summed E-state index contributed by atoms with van der Waals surface area (Å²) in [5.74, 6) is -1.16. The van der Waals surface area contributed by atoms with E-state index in [-0.39, 0.29) is 17.5 Å². The van der Waals surface area contributed by atoms with Crippen molar-refractivity contribution in [3.05, 3.63) is 64.2 Å². The standard InChI is InChI=1S/C17H15ClN2O3/c18-13-3-1-2-10(7-13)16(21)20-14-8-12-6-11(17(22)23)4-5-15(12)19-9-14/h1-7,14,19H,8-9H2,(H,20,21)(H,22,23). The van der Waals surface area contributed by atoms with Crippen LogP contribution in [0.5, 0.6) is 0 Å². The molecule has 6 heteroatoms. The molecular formula is C17H15ClN2O3. The van der Waals surface area contributed by atoms with Gasteiger partial charge in [-0.3, -0.25) is 4.79 Å². The first-order valence-corrected chi connectivity index (χ1v) is 7.57. The van der Waals surface area contributed by atoms with Crippen molar-refractivity contribution in [1.82, 2.24) is 5.32 Å². The second kappa shape index (κ2) is 6.30. The molecular weight excluding hydrogens is 316 g/mol. The molecule has 1 aliphatic heterocycles. The molecule has 0 saturated heterocycles. The normalized spacial score (nSPS) is 16.1. The van der Waals surface area contributed by atoms with Crippen LogP contribution in [0.15, 0.2) is 42.5 Å². The number of benzene rings is 2. The SMILES string of the molecule is O=C(O)c1ccc2c(c1)CC(NC(=O)c1cccc(Cl)c1)CN2. The highest BCUT2D eigenvalue weighted by atomic mass is 35.5. The Kier molecular flexibility index (Phi) is 4.21. The van der Waals surface area contributed by atoms with Gasteiger partial charge in [-0.25, -0.2) is 4.79 Å². The molecule has 3 rings (SSSR count). The molecule has 1 heterocycles. The van der Waals surface area contributed by atoms with E-state index in [1.54, 1.807) is 42.5 Å². The summed E-state index contributed by atoms with van der Waals surface area (Å²) in [5.41, 5.74) is 2.53. The lowest BCUT2D eigenvalue weighted by Gasteiger charge is -2.27. The summed E-state index contributed by atoms with van der Waals surface area (Å²) in [7, 11) is 0. The van der Waals surface area contributed by atoms with Crippen molar-refractivity contribution in [2.24, 2.45) is 0 Å². The molecule has 23 heavy (non-hydrogen) atoms. The lowest BCUT2D eigenvalue weighted by molar-refractivity contribution is 0.0696. The largest absolute Gasteiger partial charge is 0.478 e. The van der Waals surface area contributed by atoms with Crippen LogP contribution >= 0.6 is 11.6 Å². The maximum atomic E-state index is 12.3. The van der Waals surface area contributed by atoms with Crippen molar-refractivity contribution in [2.45, 2.75) is 12.5 Å². The number of carbonyl (C=O) groups excluding carboxylic acids is 1. The van der Waals surface area contributed by atoms with Gasteiger partial charge in [0.15, 0.2) is 0 Å². The van der Waals surface area contributed by atoms with Crippen molar-refractivity contribution in [2.75, 3.05) is 11.9 Å². The highest BCUT2D eigenvalue weighted by Gasteiger charge is 2.21. The van der Waals surface area contributed by atoms with Crippen LogP contribution < -0.4 is 10.6 Å². The molecule has 1 amide bonds. The van der Waals surface area contributed by atoms with Crippen LogP contribution in [0.2, 0.25) is 5.02 Å². The number of nitrogens with one attached hydrogen (secondary N) is 2. The van der Waals surface area contributed by atoms with E-state index in [0.717, 1.165) is 11.3 Å². The number of carboxylic acids is 1. The summed E-state index contributed by atoms with van der Waals surface area (Å²) < 4.78 is 0. The summed E-state index contributed by atoms with van der Waals surface area (Å²) in [6, 6.07) is 11.6.